The van der Waals surface area contributed by atoms with Crippen molar-refractivity contribution < 1.29 is 24.2 Å². The second kappa shape index (κ2) is 7.33. The summed E-state index contributed by atoms with van der Waals surface area (Å²) in [6.07, 6.45) is 0. The summed E-state index contributed by atoms with van der Waals surface area (Å²) < 4.78 is 4.82. The van der Waals surface area contributed by atoms with Gasteiger partial charge < -0.3 is 9.84 Å². The van der Waals surface area contributed by atoms with Crippen molar-refractivity contribution in [2.45, 2.75) is 13.8 Å². The maximum Gasteiger partial charge on any atom is 0.362 e. The molecule has 0 bridgehead atoms. The fraction of sp³-hybridized carbons (Fsp3) is 0.150. The number of fused-ring (bicyclic) bond motifs is 2. The maximum atomic E-state index is 12.9. The van der Waals surface area contributed by atoms with Crippen LogP contribution in [0.5, 0.6) is 0 Å². The molecule has 0 atom stereocenters. The van der Waals surface area contributed by atoms with E-state index < -0.39 is 5.97 Å². The first-order valence-corrected chi connectivity index (χ1v) is 8.25. The van der Waals surface area contributed by atoms with E-state index in [2.05, 4.69) is 10.2 Å². The molecule has 0 heterocycles. The van der Waals surface area contributed by atoms with Crippen LogP contribution in [-0.2, 0) is 9.53 Å². The summed E-state index contributed by atoms with van der Waals surface area (Å²) in [6.45, 7) is 3.00. The van der Waals surface area contributed by atoms with Crippen LogP contribution in [0.15, 0.2) is 64.1 Å². The van der Waals surface area contributed by atoms with Gasteiger partial charge in [0.1, 0.15) is 5.76 Å². The van der Waals surface area contributed by atoms with E-state index in [0.717, 1.165) is 0 Å². The number of azo groups is 1. The number of carbonyl (C=O) groups is 3. The third-order valence-electron chi connectivity index (χ3n) is 4.00. The fourth-order valence-corrected chi connectivity index (χ4v) is 2.77. The van der Waals surface area contributed by atoms with Crippen LogP contribution in [0.25, 0.3) is 0 Å². The van der Waals surface area contributed by atoms with Crippen molar-refractivity contribution in [3.63, 3.8) is 0 Å². The van der Waals surface area contributed by atoms with Crippen molar-refractivity contribution in [1.82, 2.24) is 0 Å². The number of carbonyl (C=O) groups excluding carboxylic acids is 3. The molecule has 2 aromatic carbocycles. The van der Waals surface area contributed by atoms with Gasteiger partial charge in [-0.2, -0.15) is 0 Å². The molecule has 0 radical (unpaired) electrons. The summed E-state index contributed by atoms with van der Waals surface area (Å²) >= 11 is 0. The number of ketones is 2. The van der Waals surface area contributed by atoms with Gasteiger partial charge in [-0.25, -0.2) is 4.79 Å². The highest BCUT2D eigenvalue weighted by Gasteiger charge is 2.31. The van der Waals surface area contributed by atoms with Crippen LogP contribution in [0.1, 0.15) is 45.7 Å². The lowest BCUT2D eigenvalue weighted by molar-refractivity contribution is -0.138. The zero-order valence-electron chi connectivity index (χ0n) is 14.7. The Balaban J connectivity index is 2.08. The van der Waals surface area contributed by atoms with E-state index in [-0.39, 0.29) is 52.0 Å². The third kappa shape index (κ3) is 3.27. The highest BCUT2D eigenvalue weighted by Crippen LogP contribution is 2.33. The van der Waals surface area contributed by atoms with Crippen LogP contribution >= 0.6 is 0 Å². The fourth-order valence-electron chi connectivity index (χ4n) is 2.77. The van der Waals surface area contributed by atoms with Gasteiger partial charge in [0, 0.05) is 16.7 Å². The first-order valence-electron chi connectivity index (χ1n) is 8.25. The van der Waals surface area contributed by atoms with Crippen LogP contribution in [0.3, 0.4) is 0 Å². The molecule has 3 rings (SSSR count). The van der Waals surface area contributed by atoms with Crippen molar-refractivity contribution >= 4 is 23.2 Å². The number of aliphatic hydroxyl groups excluding tert-OH is 1. The normalized spacial score (nSPS) is 13.9. The quantitative estimate of drug-likeness (QED) is 0.327. The number of nitrogens with zero attached hydrogens (tertiary/aromatic N) is 2. The van der Waals surface area contributed by atoms with E-state index >= 15 is 0 Å². The lowest BCUT2D eigenvalue weighted by atomic mass is 9.83. The standard InChI is InChI=1S/C20H16N2O5/c1-3-27-20(26)17(11(2)23)22-21-15-10-6-9-14-16(15)19(25)13-8-5-4-7-12(13)18(14)24/h4-10,23H,3H2,1-2H3/b17-11-,22-21?. The van der Waals surface area contributed by atoms with Crippen molar-refractivity contribution in [2.24, 2.45) is 10.2 Å². The first-order chi connectivity index (χ1) is 13.0. The molecule has 0 unspecified atom stereocenters. The molecule has 0 amide bonds. The molecule has 136 valence electrons. The summed E-state index contributed by atoms with van der Waals surface area (Å²) in [6, 6.07) is 11.2. The predicted molar refractivity (Wildman–Crippen MR) is 96.2 cm³/mol. The SMILES string of the molecule is CCOC(=O)/C(N=Nc1cccc2c1C(=O)c1ccccc1C2=O)=C(\C)O. The minimum absolute atomic E-state index is 0.107. The maximum absolute atomic E-state index is 12.9. The predicted octanol–water partition coefficient (Wildman–Crippen LogP) is 3.90. The molecule has 0 aliphatic heterocycles. The Hall–Kier alpha value is -3.61. The first kappa shape index (κ1) is 18.2. The van der Waals surface area contributed by atoms with E-state index in [1.807, 2.05) is 0 Å². The van der Waals surface area contributed by atoms with E-state index in [0.29, 0.717) is 5.56 Å². The lowest BCUT2D eigenvalue weighted by Crippen LogP contribution is -2.20. The lowest BCUT2D eigenvalue weighted by Gasteiger charge is -2.18. The van der Waals surface area contributed by atoms with E-state index in [1.165, 1.54) is 13.0 Å². The Morgan fingerprint density at radius 2 is 1.63 bits per heavy atom. The van der Waals surface area contributed by atoms with Crippen LogP contribution in [0.2, 0.25) is 0 Å². The van der Waals surface area contributed by atoms with Crippen LogP contribution < -0.4 is 0 Å². The van der Waals surface area contributed by atoms with Crippen molar-refractivity contribution in [3.05, 3.63) is 76.2 Å². The van der Waals surface area contributed by atoms with Crippen LogP contribution in [0, 0.1) is 0 Å². The Morgan fingerprint density at radius 3 is 2.26 bits per heavy atom. The Morgan fingerprint density at radius 1 is 1.00 bits per heavy atom. The monoisotopic (exact) mass is 364 g/mol. The average Bonchev–Trinajstić information content (AvgIpc) is 2.66. The molecule has 0 fully saturated rings. The molecule has 7 nitrogen and oxygen atoms in total. The molecule has 7 heteroatoms. The molecule has 0 aromatic heterocycles. The zero-order valence-corrected chi connectivity index (χ0v) is 14.7. The smallest absolute Gasteiger partial charge is 0.362 e. The molecular weight excluding hydrogens is 348 g/mol. The molecule has 0 saturated carbocycles. The van der Waals surface area contributed by atoms with Crippen molar-refractivity contribution in [2.75, 3.05) is 6.61 Å². The minimum Gasteiger partial charge on any atom is -0.510 e. The largest absolute Gasteiger partial charge is 0.510 e. The summed E-state index contributed by atoms with van der Waals surface area (Å²) in [5, 5.41) is 17.3. The van der Waals surface area contributed by atoms with Crippen LogP contribution in [-0.4, -0.2) is 29.2 Å². The Labute approximate surface area is 155 Å². The molecule has 1 N–H and O–H groups in total. The number of rotatable bonds is 4. The number of hydrogen-bond acceptors (Lipinski definition) is 7. The van der Waals surface area contributed by atoms with E-state index in [1.54, 1.807) is 43.3 Å². The highest BCUT2D eigenvalue weighted by atomic mass is 16.5. The molecular formula is C20H16N2O5. The molecule has 27 heavy (non-hydrogen) atoms. The number of aliphatic hydroxyl groups is 1. The van der Waals surface area contributed by atoms with Gasteiger partial charge >= 0.3 is 5.97 Å². The van der Waals surface area contributed by atoms with Gasteiger partial charge in [0.05, 0.1) is 17.9 Å². The minimum atomic E-state index is -0.834. The van der Waals surface area contributed by atoms with Crippen molar-refractivity contribution in [3.8, 4) is 0 Å². The average molecular weight is 364 g/mol. The number of esters is 1. The Kier molecular flexibility index (Phi) is 4.94. The molecule has 1 aliphatic carbocycles. The van der Waals surface area contributed by atoms with Gasteiger partial charge in [0.25, 0.3) is 0 Å². The Bertz CT molecular complexity index is 1020. The second-order valence-electron chi connectivity index (χ2n) is 5.76. The number of ether oxygens (including phenoxy) is 1. The van der Waals surface area contributed by atoms with Crippen LogP contribution in [0.4, 0.5) is 5.69 Å². The summed E-state index contributed by atoms with van der Waals surface area (Å²) in [5.74, 6) is -1.83. The van der Waals surface area contributed by atoms with Crippen molar-refractivity contribution in [1.29, 1.82) is 0 Å². The third-order valence-corrected chi connectivity index (χ3v) is 4.00. The highest BCUT2D eigenvalue weighted by molar-refractivity contribution is 6.29. The van der Waals surface area contributed by atoms with Gasteiger partial charge in [0.15, 0.2) is 11.6 Å². The molecule has 0 spiro atoms. The van der Waals surface area contributed by atoms with Gasteiger partial charge in [0.2, 0.25) is 5.70 Å². The van der Waals surface area contributed by atoms with Gasteiger partial charge in [-0.1, -0.05) is 36.4 Å². The topological polar surface area (TPSA) is 105 Å². The molecule has 1 aliphatic rings. The van der Waals surface area contributed by atoms with Gasteiger partial charge in [-0.3, -0.25) is 9.59 Å². The molecule has 0 saturated heterocycles. The summed E-state index contributed by atoms with van der Waals surface area (Å²) in [4.78, 5) is 37.4. The number of allylic oxidation sites excluding steroid dienone is 1. The van der Waals surface area contributed by atoms with Gasteiger partial charge in [-0.15, -0.1) is 10.2 Å². The number of hydrogen-bond donors (Lipinski definition) is 1. The summed E-state index contributed by atoms with van der Waals surface area (Å²) in [7, 11) is 0. The number of benzene rings is 2. The second-order valence-corrected chi connectivity index (χ2v) is 5.76. The summed E-state index contributed by atoms with van der Waals surface area (Å²) in [5.41, 5.74) is 0.716. The van der Waals surface area contributed by atoms with Gasteiger partial charge in [-0.05, 0) is 19.9 Å². The molecule has 2 aromatic rings. The van der Waals surface area contributed by atoms with E-state index in [4.69, 9.17) is 4.74 Å². The zero-order chi connectivity index (χ0) is 19.6. The van der Waals surface area contributed by atoms with E-state index in [9.17, 15) is 19.5 Å².